The molecule has 0 radical (unpaired) electrons. The van der Waals surface area contributed by atoms with Gasteiger partial charge in [0.15, 0.2) is 6.21 Å². The predicted molar refractivity (Wildman–Crippen MR) is 205 cm³/mol. The van der Waals surface area contributed by atoms with Crippen LogP contribution in [0, 0.1) is 19.8 Å². The fourth-order valence-electron chi connectivity index (χ4n) is 5.54. The maximum Gasteiger partial charge on any atom is 0.258 e. The number of carbonyl (C=O) groups is 1. The number of aromatic nitrogens is 3. The number of hydrogen-bond acceptors (Lipinski definition) is 4. The lowest BCUT2D eigenvalue weighted by Crippen LogP contribution is -2.19. The number of allylic oxidation sites excluding steroid dienone is 1. The highest BCUT2D eigenvalue weighted by Crippen LogP contribution is 2.24. The Kier molecular flexibility index (Phi) is 18.8. The maximum atomic E-state index is 13.1. The molecule has 0 bridgehead atoms. The van der Waals surface area contributed by atoms with Crippen LogP contribution in [-0.4, -0.2) is 51.9 Å². The van der Waals surface area contributed by atoms with Gasteiger partial charge in [-0.25, -0.2) is 9.56 Å². The minimum absolute atomic E-state index is 0.222. The van der Waals surface area contributed by atoms with Gasteiger partial charge in [-0.1, -0.05) is 118 Å². The largest absolute Gasteiger partial charge is 0.500 e. The van der Waals surface area contributed by atoms with E-state index in [0.29, 0.717) is 11.5 Å². The second kappa shape index (κ2) is 22.2. The number of hydrogen-bond donors (Lipinski definition) is 1. The van der Waals surface area contributed by atoms with Gasteiger partial charge in [0.25, 0.3) is 5.91 Å². The second-order valence-electron chi connectivity index (χ2n) is 13.5. The van der Waals surface area contributed by atoms with Gasteiger partial charge in [-0.05, 0) is 49.6 Å². The Balaban J connectivity index is 0.000000363. The number of pyridine rings is 1. The highest BCUT2D eigenvalue weighted by Gasteiger charge is 2.22. The Hall–Kier alpha value is -3.48. The van der Waals surface area contributed by atoms with Gasteiger partial charge in [-0.2, -0.15) is 0 Å². The normalized spacial score (nSPS) is 14.5. The third kappa shape index (κ3) is 13.6. The molecule has 1 atom stereocenters. The van der Waals surface area contributed by atoms with E-state index in [9.17, 15) is 4.79 Å². The third-order valence-electron chi connectivity index (χ3n) is 9.09. The van der Waals surface area contributed by atoms with E-state index in [1.807, 2.05) is 50.9 Å². The first kappa shape index (κ1) is 40.7. The summed E-state index contributed by atoms with van der Waals surface area (Å²) in [6.07, 6.45) is 20.0. The highest BCUT2D eigenvalue weighted by molar-refractivity contribution is 6.10. The number of aryl methyl sites for hydroxylation is 3. The number of carbonyl (C=O) groups excluding carboxylic acids is 1. The van der Waals surface area contributed by atoms with Gasteiger partial charge in [0.05, 0.1) is 30.3 Å². The molecule has 0 saturated heterocycles. The van der Waals surface area contributed by atoms with Crippen molar-refractivity contribution in [1.82, 2.24) is 14.5 Å². The van der Waals surface area contributed by atoms with Crippen LogP contribution in [0.15, 0.2) is 36.1 Å². The van der Waals surface area contributed by atoms with Crippen LogP contribution >= 0.6 is 0 Å². The molecule has 1 amide bonds. The van der Waals surface area contributed by atoms with Gasteiger partial charge in [0.1, 0.15) is 24.9 Å². The number of fused-ring (bicyclic) bond motifs is 1. The molecule has 0 spiro atoms. The number of unbranched alkanes of at least 4 members (excludes halogenated alkanes) is 3. The summed E-state index contributed by atoms with van der Waals surface area (Å²) in [4.78, 5) is 22.3. The van der Waals surface area contributed by atoms with Gasteiger partial charge in [-0.3, -0.25) is 15.1 Å². The Morgan fingerprint density at radius 3 is 2.21 bits per heavy atom. The Labute approximate surface area is 292 Å². The molecule has 1 unspecified atom stereocenters. The number of benzene rings is 1. The summed E-state index contributed by atoms with van der Waals surface area (Å²) in [5.74, 6) is 2.12. The Bertz CT molecular complexity index is 1460. The predicted octanol–water partition coefficient (Wildman–Crippen LogP) is 10.7. The number of amides is 1. The van der Waals surface area contributed by atoms with E-state index in [1.165, 1.54) is 77.0 Å². The number of nitrogens with zero attached hydrogens (tertiary/aromatic N) is 4. The summed E-state index contributed by atoms with van der Waals surface area (Å²) < 4.78 is 9.56. The average Bonchev–Trinajstić information content (AvgIpc) is 3.77. The van der Waals surface area contributed by atoms with Gasteiger partial charge in [-0.15, -0.1) is 0 Å². The van der Waals surface area contributed by atoms with Crippen molar-refractivity contribution in [1.29, 1.82) is 0 Å². The van der Waals surface area contributed by atoms with Crippen molar-refractivity contribution < 1.29 is 14.1 Å². The van der Waals surface area contributed by atoms with Crippen LogP contribution in [0.3, 0.4) is 0 Å². The zero-order valence-electron chi connectivity index (χ0n) is 32.0. The van der Waals surface area contributed by atoms with Crippen LogP contribution in [0.5, 0.6) is 0 Å². The number of anilines is 1. The van der Waals surface area contributed by atoms with E-state index < -0.39 is 0 Å². The average molecular weight is 661 g/mol. The second-order valence-corrected chi connectivity index (χ2v) is 13.5. The van der Waals surface area contributed by atoms with Gasteiger partial charge >= 0.3 is 0 Å². The molecule has 1 aliphatic heterocycles. The zero-order valence-corrected chi connectivity index (χ0v) is 32.0. The topological polar surface area (TPSA) is 72.0 Å². The van der Waals surface area contributed by atoms with Crippen LogP contribution in [0.25, 0.3) is 16.6 Å². The molecular weight excluding hydrogens is 594 g/mol. The van der Waals surface area contributed by atoms with E-state index in [2.05, 4.69) is 60.5 Å². The molecule has 3 aromatic rings. The summed E-state index contributed by atoms with van der Waals surface area (Å²) in [5.41, 5.74) is 5.90. The fraction of sp³-hybridized carbons (Fsp3) is 0.610. The molecular formula is C41H66N5O2+. The number of imidazole rings is 1. The molecule has 1 N–H and O–H groups in total. The van der Waals surface area contributed by atoms with E-state index in [0.717, 1.165) is 58.2 Å². The molecule has 3 heterocycles. The summed E-state index contributed by atoms with van der Waals surface area (Å²) in [6.45, 7) is 16.0. The molecule has 5 rings (SSSR count). The molecule has 2 aliphatic rings. The lowest BCUT2D eigenvalue weighted by Gasteiger charge is -2.15. The van der Waals surface area contributed by atoms with E-state index in [1.54, 1.807) is 19.2 Å². The molecule has 7 nitrogen and oxygen atoms in total. The van der Waals surface area contributed by atoms with Gasteiger partial charge < -0.3 is 9.30 Å². The quantitative estimate of drug-likeness (QED) is 0.173. The maximum absolute atomic E-state index is 13.1. The van der Waals surface area contributed by atoms with Crippen molar-refractivity contribution in [2.24, 2.45) is 13.0 Å². The first-order valence-electron chi connectivity index (χ1n) is 18.6. The summed E-state index contributed by atoms with van der Waals surface area (Å²) >= 11 is 0. The molecule has 2 aromatic heterocycles. The Morgan fingerprint density at radius 2 is 1.62 bits per heavy atom. The number of ether oxygens (including phenoxy) is 1. The number of methoxy groups -OCH3 is 1. The SMILES string of the molecule is C1CCCC1.CCCC.CCCCCC(C)CC.COC1=C(c2cc(C(=O)Nc3nc4ccc(C)cc4n3C)cc(C)n2)C=[N+](C)CC1. The Morgan fingerprint density at radius 1 is 0.958 bits per heavy atom. The molecule has 1 aliphatic carbocycles. The van der Waals surface area contributed by atoms with E-state index >= 15 is 0 Å². The van der Waals surface area contributed by atoms with Crippen LogP contribution < -0.4 is 5.32 Å². The van der Waals surface area contributed by atoms with Crippen LogP contribution in [0.2, 0.25) is 0 Å². The first-order chi connectivity index (χ1) is 23.1. The van der Waals surface area contributed by atoms with Crippen molar-refractivity contribution in [2.75, 3.05) is 26.0 Å². The molecule has 1 saturated carbocycles. The molecule has 48 heavy (non-hydrogen) atoms. The minimum Gasteiger partial charge on any atom is -0.500 e. The van der Waals surface area contributed by atoms with Crippen LogP contribution in [-0.2, 0) is 11.8 Å². The van der Waals surface area contributed by atoms with Crippen molar-refractivity contribution >= 4 is 34.7 Å². The van der Waals surface area contributed by atoms with Crippen LogP contribution in [0.4, 0.5) is 5.95 Å². The van der Waals surface area contributed by atoms with Crippen molar-refractivity contribution in [3.8, 4) is 0 Å². The zero-order chi connectivity index (χ0) is 35.5. The van der Waals surface area contributed by atoms with Gasteiger partial charge in [0.2, 0.25) is 5.95 Å². The molecule has 1 aromatic carbocycles. The standard InChI is InChI=1S/C23H25N5O2.C9H20.C5H10.C4H10/c1-14-6-7-18-20(10-14)28(4)23(25-18)26-22(29)16-11-15(2)24-19(12-16)17-13-27(3)9-8-21(17)30-5;1-4-6-7-8-9(3)5-2;1-2-4-5-3-1;1-3-4-2/h6-7,10-13H,8-9H2,1-5H3;9H,4-8H2,1-3H3;1-5H2;3-4H2,1-2H3/p+1. The first-order valence-corrected chi connectivity index (χ1v) is 18.6. The van der Waals surface area contributed by atoms with Gasteiger partial charge in [0, 0.05) is 18.3 Å². The molecule has 1 fully saturated rings. The lowest BCUT2D eigenvalue weighted by molar-refractivity contribution is -0.492. The summed E-state index contributed by atoms with van der Waals surface area (Å²) in [6, 6.07) is 9.62. The number of rotatable bonds is 10. The smallest absolute Gasteiger partial charge is 0.258 e. The molecule has 7 heteroatoms. The monoisotopic (exact) mass is 661 g/mol. The minimum atomic E-state index is -0.222. The summed E-state index contributed by atoms with van der Waals surface area (Å²) in [7, 11) is 5.59. The van der Waals surface area contributed by atoms with Crippen LogP contribution in [0.1, 0.15) is 145 Å². The summed E-state index contributed by atoms with van der Waals surface area (Å²) in [5, 5.41) is 2.94. The lowest BCUT2D eigenvalue weighted by atomic mass is 10.0. The highest BCUT2D eigenvalue weighted by atomic mass is 16.5. The third-order valence-corrected chi connectivity index (χ3v) is 9.09. The van der Waals surface area contributed by atoms with E-state index in [-0.39, 0.29) is 5.91 Å². The molecule has 266 valence electrons. The van der Waals surface area contributed by atoms with Crippen molar-refractivity contribution in [2.45, 2.75) is 132 Å². The van der Waals surface area contributed by atoms with E-state index in [4.69, 9.17) is 4.74 Å². The number of nitrogens with one attached hydrogen (secondary N) is 1. The fourth-order valence-corrected chi connectivity index (χ4v) is 5.54. The van der Waals surface area contributed by atoms with Crippen molar-refractivity contribution in [3.05, 3.63) is 58.6 Å². The van der Waals surface area contributed by atoms with Crippen molar-refractivity contribution in [3.63, 3.8) is 0 Å².